The maximum atomic E-state index is 6.50. The van der Waals surface area contributed by atoms with E-state index in [0.717, 1.165) is 29.3 Å². The average molecular weight is 630 g/mol. The van der Waals surface area contributed by atoms with E-state index < -0.39 is 14.1 Å². The molecule has 1 heterocycles. The highest BCUT2D eigenvalue weighted by atomic mass is 79.9. The van der Waals surface area contributed by atoms with E-state index in [1.807, 2.05) is 19.9 Å². The molecule has 0 unspecified atom stereocenters. The molecule has 0 aromatic heterocycles. The first kappa shape index (κ1) is 34.0. The zero-order chi connectivity index (χ0) is 29.3. The molecule has 0 amide bonds. The van der Waals surface area contributed by atoms with Crippen molar-refractivity contribution in [3.05, 3.63) is 40.4 Å². The molecule has 1 aliphatic heterocycles. The van der Waals surface area contributed by atoms with Gasteiger partial charge in [0.25, 0.3) is 0 Å². The summed E-state index contributed by atoms with van der Waals surface area (Å²) < 4.78 is 41.2. The number of methoxy groups -OCH3 is 2. The van der Waals surface area contributed by atoms with Crippen molar-refractivity contribution in [2.45, 2.75) is 103 Å². The van der Waals surface area contributed by atoms with Gasteiger partial charge in [-0.05, 0) is 85.7 Å². The molecule has 0 aliphatic carbocycles. The van der Waals surface area contributed by atoms with Gasteiger partial charge in [0.05, 0.1) is 10.6 Å². The Hall–Kier alpha value is -1.20. The summed E-state index contributed by atoms with van der Waals surface area (Å²) >= 11 is 3.65. The van der Waals surface area contributed by atoms with Crippen LogP contribution in [0.2, 0.25) is 18.1 Å². The molecule has 1 aromatic rings. The Morgan fingerprint density at radius 3 is 2.36 bits per heavy atom. The lowest BCUT2D eigenvalue weighted by Gasteiger charge is -2.38. The molecule has 7 nitrogen and oxygen atoms in total. The van der Waals surface area contributed by atoms with Gasteiger partial charge in [-0.15, -0.1) is 0 Å². The summed E-state index contributed by atoms with van der Waals surface area (Å²) in [5.74, 6) is 0.671. The van der Waals surface area contributed by atoms with Crippen LogP contribution in [0.15, 0.2) is 34.8 Å². The van der Waals surface area contributed by atoms with Gasteiger partial charge in [0.1, 0.15) is 17.6 Å². The van der Waals surface area contributed by atoms with Gasteiger partial charge in [0.15, 0.2) is 27.7 Å². The number of allylic oxidation sites excluding steroid dienone is 1. The van der Waals surface area contributed by atoms with E-state index in [-0.39, 0.29) is 36.9 Å². The first-order valence-corrected chi connectivity index (χ1v) is 17.3. The van der Waals surface area contributed by atoms with E-state index in [2.05, 4.69) is 81.0 Å². The number of hydrogen-bond donors (Lipinski definition) is 0. The van der Waals surface area contributed by atoms with Gasteiger partial charge in [-0.3, -0.25) is 0 Å². The summed E-state index contributed by atoms with van der Waals surface area (Å²) in [5, 5.41) is 0.197. The summed E-state index contributed by atoms with van der Waals surface area (Å²) in [5.41, 5.74) is 0.936. The molecule has 222 valence electrons. The minimum absolute atomic E-state index is 0.0297. The molecular weight excluding hydrogens is 580 g/mol. The molecule has 0 spiro atoms. The summed E-state index contributed by atoms with van der Waals surface area (Å²) in [7, 11) is 1.38. The summed E-state index contributed by atoms with van der Waals surface area (Å²) in [6.07, 6.45) is 11.0. The van der Waals surface area contributed by atoms with Crippen molar-refractivity contribution in [2.75, 3.05) is 27.8 Å². The van der Waals surface area contributed by atoms with E-state index in [0.29, 0.717) is 11.5 Å². The third kappa shape index (κ3) is 10.9. The van der Waals surface area contributed by atoms with Crippen molar-refractivity contribution < 1.29 is 32.8 Å². The van der Waals surface area contributed by atoms with Crippen LogP contribution in [0.25, 0.3) is 6.08 Å². The molecule has 3 atom stereocenters. The fourth-order valence-electron chi connectivity index (χ4n) is 4.00. The second-order valence-corrected chi connectivity index (χ2v) is 17.4. The van der Waals surface area contributed by atoms with Gasteiger partial charge in [-0.1, -0.05) is 45.1 Å². The largest absolute Gasteiger partial charge is 0.467 e. The van der Waals surface area contributed by atoms with Crippen LogP contribution < -0.4 is 9.47 Å². The highest BCUT2D eigenvalue weighted by Crippen LogP contribution is 2.38. The van der Waals surface area contributed by atoms with Gasteiger partial charge in [-0.2, -0.15) is 0 Å². The highest BCUT2D eigenvalue weighted by molar-refractivity contribution is 9.10. The van der Waals surface area contributed by atoms with Crippen LogP contribution in [0.5, 0.6) is 11.5 Å². The molecule has 0 radical (unpaired) electrons. The van der Waals surface area contributed by atoms with Gasteiger partial charge in [-0.25, -0.2) is 0 Å². The molecule has 39 heavy (non-hydrogen) atoms. The van der Waals surface area contributed by atoms with Crippen molar-refractivity contribution in [2.24, 2.45) is 0 Å². The standard InChI is InChI=1S/C30H49BrO7Si/c1-22(38-39(9,10)29(2,3)4)14-13-17-26-25(36-30(5,6)37-26)16-12-11-15-23-18-24(34-20-32-7)19-27(28(23)31)35-21-33-8/h11,13,15,17-19,22,25-26H,12,14,16,20-21H2,1-10H3/b15-11+,17-13-/t22-,25-,26+/m0/s1. The lowest BCUT2D eigenvalue weighted by atomic mass is 10.1. The van der Waals surface area contributed by atoms with Gasteiger partial charge < -0.3 is 32.8 Å². The third-order valence-corrected chi connectivity index (χ3v) is 12.4. The van der Waals surface area contributed by atoms with Crippen LogP contribution in [0.3, 0.4) is 0 Å². The summed E-state index contributed by atoms with van der Waals surface area (Å²) in [6.45, 7) is 17.8. The summed E-state index contributed by atoms with van der Waals surface area (Å²) in [4.78, 5) is 0. The SMILES string of the molecule is COCOc1cc(/C=C/CC[C@@H]2OC(C)(C)O[C@@H]2/C=C\C[C@H](C)O[Si](C)(C)C(C)(C)C)c(Br)c(OCOC)c1. The molecule has 0 N–H and O–H groups in total. The second-order valence-electron chi connectivity index (χ2n) is 11.9. The van der Waals surface area contributed by atoms with Crippen molar-refractivity contribution in [3.63, 3.8) is 0 Å². The molecule has 1 aromatic carbocycles. The predicted octanol–water partition coefficient (Wildman–Crippen LogP) is 8.08. The minimum Gasteiger partial charge on any atom is -0.467 e. The van der Waals surface area contributed by atoms with E-state index in [9.17, 15) is 0 Å². The Kier molecular flexibility index (Phi) is 13.2. The van der Waals surface area contributed by atoms with E-state index >= 15 is 0 Å². The molecule has 1 fully saturated rings. The smallest absolute Gasteiger partial charge is 0.192 e. The van der Waals surface area contributed by atoms with Crippen molar-refractivity contribution in [1.82, 2.24) is 0 Å². The second kappa shape index (κ2) is 15.1. The fraction of sp³-hybridized carbons (Fsp3) is 0.667. The number of ether oxygens (including phenoxy) is 6. The number of hydrogen-bond acceptors (Lipinski definition) is 7. The van der Waals surface area contributed by atoms with Gasteiger partial charge >= 0.3 is 0 Å². The van der Waals surface area contributed by atoms with Gasteiger partial charge in [0.2, 0.25) is 0 Å². The number of benzene rings is 1. The lowest BCUT2D eigenvalue weighted by molar-refractivity contribution is -0.143. The van der Waals surface area contributed by atoms with Crippen LogP contribution in [0.4, 0.5) is 0 Å². The summed E-state index contributed by atoms with van der Waals surface area (Å²) in [6, 6.07) is 3.75. The molecule has 0 bridgehead atoms. The average Bonchev–Trinajstić information content (AvgIpc) is 3.12. The normalized spacial score (nSPS) is 20.7. The Balaban J connectivity index is 2.01. The maximum Gasteiger partial charge on any atom is 0.192 e. The first-order valence-electron chi connectivity index (χ1n) is 13.6. The van der Waals surface area contributed by atoms with E-state index in [4.69, 9.17) is 32.8 Å². The van der Waals surface area contributed by atoms with Crippen LogP contribution in [-0.4, -0.2) is 60.2 Å². The number of halogens is 1. The first-order chi connectivity index (χ1) is 18.2. The third-order valence-electron chi connectivity index (χ3n) is 6.95. The Labute approximate surface area is 245 Å². The Bertz CT molecular complexity index is 955. The zero-order valence-electron chi connectivity index (χ0n) is 25.5. The molecule has 9 heteroatoms. The predicted molar refractivity (Wildman–Crippen MR) is 163 cm³/mol. The van der Waals surface area contributed by atoms with Crippen molar-refractivity contribution >= 4 is 30.3 Å². The molecule has 1 saturated heterocycles. The van der Waals surface area contributed by atoms with Crippen LogP contribution in [0, 0.1) is 0 Å². The molecule has 1 aliphatic rings. The minimum atomic E-state index is -1.79. The monoisotopic (exact) mass is 628 g/mol. The van der Waals surface area contributed by atoms with Crippen LogP contribution in [0.1, 0.15) is 66.4 Å². The topological polar surface area (TPSA) is 64.6 Å². The lowest BCUT2D eigenvalue weighted by Crippen LogP contribution is -2.43. The van der Waals surface area contributed by atoms with Crippen LogP contribution >= 0.6 is 15.9 Å². The van der Waals surface area contributed by atoms with Crippen molar-refractivity contribution in [3.8, 4) is 11.5 Å². The van der Waals surface area contributed by atoms with Crippen LogP contribution in [-0.2, 0) is 23.4 Å². The van der Waals surface area contributed by atoms with Gasteiger partial charge in [0, 0.05) is 26.4 Å². The Morgan fingerprint density at radius 1 is 1.05 bits per heavy atom. The van der Waals surface area contributed by atoms with E-state index in [1.54, 1.807) is 20.3 Å². The Morgan fingerprint density at radius 2 is 1.72 bits per heavy atom. The zero-order valence-corrected chi connectivity index (χ0v) is 28.1. The fourth-order valence-corrected chi connectivity index (χ4v) is 5.94. The molecule has 2 rings (SSSR count). The highest BCUT2D eigenvalue weighted by Gasteiger charge is 2.40. The quantitative estimate of drug-likeness (QED) is 0.110. The van der Waals surface area contributed by atoms with Crippen molar-refractivity contribution in [1.29, 1.82) is 0 Å². The molecular formula is C30H49BrO7Si. The number of rotatable bonds is 15. The molecule has 0 saturated carbocycles. The maximum absolute atomic E-state index is 6.50. The van der Waals surface area contributed by atoms with E-state index in [1.165, 1.54) is 0 Å².